The SMILES string of the molecule is CNC1CCCN(c2c(F)cc3c(=O)c(C(=O)O)cn(C4CC4)c3c2OC)C1.O=P(O)(O)O. The first kappa shape index (κ1) is 25.1. The standard InChI is InChI=1S/C20H24FN3O4.H3O4P/c1-22-11-4-3-7-23(9-11)17-15(21)8-13-16(19(17)28-2)24(12-5-6-12)10-14(18(13)25)20(26)27;1-5(2,3)4/h8,10-12,22H,3-7,9H2,1-2H3,(H,26,27);(H3,1,2,3,4). The fourth-order valence-electron chi connectivity index (χ4n) is 4.14. The highest BCUT2D eigenvalue weighted by Gasteiger charge is 2.32. The molecule has 0 bridgehead atoms. The number of phosphoric acid groups is 1. The average Bonchev–Trinajstić information content (AvgIpc) is 3.57. The Morgan fingerprint density at radius 1 is 1.27 bits per heavy atom. The van der Waals surface area contributed by atoms with Gasteiger partial charge in [-0.25, -0.2) is 13.8 Å². The Morgan fingerprint density at radius 2 is 1.91 bits per heavy atom. The first-order chi connectivity index (χ1) is 15.5. The van der Waals surface area contributed by atoms with Crippen LogP contribution in [0.4, 0.5) is 10.1 Å². The zero-order valence-electron chi connectivity index (χ0n) is 18.2. The van der Waals surface area contributed by atoms with Crippen molar-refractivity contribution in [2.75, 3.05) is 32.1 Å². The molecular weight excluding hydrogens is 460 g/mol. The van der Waals surface area contributed by atoms with Gasteiger partial charge in [0, 0.05) is 31.4 Å². The molecule has 13 heteroatoms. The molecule has 1 aliphatic carbocycles. The zero-order chi connectivity index (χ0) is 24.5. The molecular formula is C20H27FN3O8P. The molecule has 1 aliphatic heterocycles. The van der Waals surface area contributed by atoms with Gasteiger partial charge in [0.15, 0.2) is 11.6 Å². The van der Waals surface area contributed by atoms with Crippen LogP contribution in [0.15, 0.2) is 17.1 Å². The van der Waals surface area contributed by atoms with Gasteiger partial charge in [-0.3, -0.25) is 4.79 Å². The molecule has 0 spiro atoms. The summed E-state index contributed by atoms with van der Waals surface area (Å²) in [5.41, 5.74) is -0.216. The number of methoxy groups -OCH3 is 1. The lowest BCUT2D eigenvalue weighted by Crippen LogP contribution is -2.45. The Balaban J connectivity index is 0.000000555. The molecule has 4 rings (SSSR count). The molecule has 1 unspecified atom stereocenters. The number of ether oxygens (including phenoxy) is 1. The van der Waals surface area contributed by atoms with Crippen LogP contribution in [0.25, 0.3) is 10.9 Å². The largest absolute Gasteiger partial charge is 0.492 e. The quantitative estimate of drug-likeness (QED) is 0.390. The molecule has 1 atom stereocenters. The van der Waals surface area contributed by atoms with Gasteiger partial charge in [0.05, 0.1) is 18.0 Å². The Morgan fingerprint density at radius 3 is 2.42 bits per heavy atom. The van der Waals surface area contributed by atoms with Gasteiger partial charge >= 0.3 is 13.8 Å². The third-order valence-corrected chi connectivity index (χ3v) is 5.72. The first-order valence-corrected chi connectivity index (χ1v) is 11.9. The molecule has 1 saturated heterocycles. The lowest BCUT2D eigenvalue weighted by molar-refractivity contribution is 0.0694. The van der Waals surface area contributed by atoms with E-state index in [2.05, 4.69) is 5.32 Å². The van der Waals surface area contributed by atoms with Crippen molar-refractivity contribution in [3.8, 4) is 5.75 Å². The normalized spacial score (nSPS) is 18.6. The maximum Gasteiger partial charge on any atom is 0.466 e. The van der Waals surface area contributed by atoms with Gasteiger partial charge < -0.3 is 39.3 Å². The number of aromatic nitrogens is 1. The van der Waals surface area contributed by atoms with Crippen molar-refractivity contribution < 1.29 is 38.3 Å². The molecule has 33 heavy (non-hydrogen) atoms. The van der Waals surface area contributed by atoms with Crippen molar-refractivity contribution in [1.29, 1.82) is 0 Å². The van der Waals surface area contributed by atoms with Crippen molar-refractivity contribution in [3.63, 3.8) is 0 Å². The number of rotatable bonds is 5. The van der Waals surface area contributed by atoms with E-state index in [-0.39, 0.29) is 23.0 Å². The van der Waals surface area contributed by atoms with Gasteiger partial charge in [0.2, 0.25) is 5.43 Å². The van der Waals surface area contributed by atoms with Crippen LogP contribution in [0, 0.1) is 5.82 Å². The second-order valence-electron chi connectivity index (χ2n) is 8.04. The van der Waals surface area contributed by atoms with E-state index in [4.69, 9.17) is 24.0 Å². The van der Waals surface area contributed by atoms with E-state index in [1.807, 2.05) is 11.9 Å². The molecule has 0 radical (unpaired) electrons. The monoisotopic (exact) mass is 487 g/mol. The van der Waals surface area contributed by atoms with Gasteiger partial charge in [-0.15, -0.1) is 0 Å². The number of pyridine rings is 1. The molecule has 2 aromatic rings. The third-order valence-electron chi connectivity index (χ3n) is 5.72. The molecule has 1 aromatic heterocycles. The van der Waals surface area contributed by atoms with Crippen LogP contribution in [0.3, 0.4) is 0 Å². The van der Waals surface area contributed by atoms with Crippen molar-refractivity contribution in [2.45, 2.75) is 37.8 Å². The fourth-order valence-corrected chi connectivity index (χ4v) is 4.14. The van der Waals surface area contributed by atoms with Gasteiger partial charge in [-0.1, -0.05) is 0 Å². The number of carboxylic acid groups (broad SMARTS) is 1. The summed E-state index contributed by atoms with van der Waals surface area (Å²) in [6.07, 6.45) is 5.08. The minimum Gasteiger partial charge on any atom is -0.492 e. The summed E-state index contributed by atoms with van der Waals surface area (Å²) in [5, 5.41) is 12.7. The second-order valence-corrected chi connectivity index (χ2v) is 9.07. The Hall–Kier alpha value is -2.50. The van der Waals surface area contributed by atoms with E-state index in [1.54, 1.807) is 4.57 Å². The third kappa shape index (κ3) is 5.71. The summed E-state index contributed by atoms with van der Waals surface area (Å²) in [6, 6.07) is 1.51. The lowest BCUT2D eigenvalue weighted by Gasteiger charge is -2.35. The molecule has 1 saturated carbocycles. The number of nitrogens with one attached hydrogen (secondary N) is 1. The number of anilines is 1. The van der Waals surface area contributed by atoms with Crippen LogP contribution in [0.2, 0.25) is 0 Å². The van der Waals surface area contributed by atoms with E-state index in [0.717, 1.165) is 25.7 Å². The number of hydrogen-bond acceptors (Lipinski definition) is 6. The van der Waals surface area contributed by atoms with Crippen molar-refractivity contribution in [1.82, 2.24) is 9.88 Å². The van der Waals surface area contributed by atoms with Gasteiger partial charge in [0.25, 0.3) is 0 Å². The Bertz CT molecular complexity index is 1150. The van der Waals surface area contributed by atoms with Gasteiger partial charge in [-0.2, -0.15) is 0 Å². The molecule has 182 valence electrons. The Labute approximate surface area is 188 Å². The summed E-state index contributed by atoms with van der Waals surface area (Å²) in [6.45, 7) is 1.33. The molecule has 1 aromatic carbocycles. The summed E-state index contributed by atoms with van der Waals surface area (Å²) >= 11 is 0. The zero-order valence-corrected chi connectivity index (χ0v) is 19.1. The predicted octanol–water partition coefficient (Wildman–Crippen LogP) is 1.44. The number of fused-ring (bicyclic) bond motifs is 1. The van der Waals surface area contributed by atoms with Crippen LogP contribution >= 0.6 is 7.82 Å². The highest BCUT2D eigenvalue weighted by Crippen LogP contribution is 2.44. The molecule has 5 N–H and O–H groups in total. The summed E-state index contributed by atoms with van der Waals surface area (Å²) in [4.78, 5) is 47.8. The van der Waals surface area contributed by atoms with Gasteiger partial charge in [-0.05, 0) is 38.8 Å². The summed E-state index contributed by atoms with van der Waals surface area (Å²) in [7, 11) is -1.29. The molecule has 2 heterocycles. The van der Waals surface area contributed by atoms with Crippen LogP contribution < -0.4 is 20.4 Å². The maximum absolute atomic E-state index is 15.2. The Kier molecular flexibility index (Phi) is 7.45. The van der Waals surface area contributed by atoms with E-state index < -0.39 is 25.0 Å². The number of likely N-dealkylation sites (N-methyl/N-ethyl adjacent to an activating group) is 1. The number of carboxylic acids is 1. The minimum absolute atomic E-state index is 0.0482. The van der Waals surface area contributed by atoms with E-state index in [9.17, 15) is 14.7 Å². The van der Waals surface area contributed by atoms with Crippen LogP contribution in [0.1, 0.15) is 42.1 Å². The topological polar surface area (TPSA) is 162 Å². The number of carbonyl (C=O) groups is 1. The van der Waals surface area contributed by atoms with Crippen molar-refractivity contribution in [2.24, 2.45) is 0 Å². The highest BCUT2D eigenvalue weighted by atomic mass is 31.2. The molecule has 0 amide bonds. The van der Waals surface area contributed by atoms with E-state index >= 15 is 4.39 Å². The van der Waals surface area contributed by atoms with E-state index in [1.165, 1.54) is 19.4 Å². The lowest BCUT2D eigenvalue weighted by atomic mass is 10.0. The number of nitrogens with zero attached hydrogens (tertiary/aromatic N) is 2. The second kappa shape index (κ2) is 9.78. The molecule has 2 aliphatic rings. The average molecular weight is 487 g/mol. The minimum atomic E-state index is -4.64. The predicted molar refractivity (Wildman–Crippen MR) is 119 cm³/mol. The maximum atomic E-state index is 15.2. The number of piperidine rings is 1. The number of aromatic carboxylic acids is 1. The fraction of sp³-hybridized carbons (Fsp3) is 0.500. The summed E-state index contributed by atoms with van der Waals surface area (Å²) in [5.74, 6) is -1.58. The summed E-state index contributed by atoms with van der Waals surface area (Å²) < 4.78 is 31.5. The smallest absolute Gasteiger partial charge is 0.466 e. The van der Waals surface area contributed by atoms with Crippen molar-refractivity contribution >= 4 is 30.4 Å². The van der Waals surface area contributed by atoms with Crippen LogP contribution in [0.5, 0.6) is 5.75 Å². The number of halogens is 1. The van der Waals surface area contributed by atoms with Crippen LogP contribution in [-0.2, 0) is 4.57 Å². The number of hydrogen-bond donors (Lipinski definition) is 5. The number of benzene rings is 1. The van der Waals surface area contributed by atoms with Crippen LogP contribution in [-0.4, -0.2) is 63.6 Å². The first-order valence-electron chi connectivity index (χ1n) is 10.3. The van der Waals surface area contributed by atoms with E-state index in [0.29, 0.717) is 30.0 Å². The molecule has 11 nitrogen and oxygen atoms in total. The van der Waals surface area contributed by atoms with Crippen molar-refractivity contribution in [3.05, 3.63) is 33.9 Å². The highest BCUT2D eigenvalue weighted by molar-refractivity contribution is 7.45. The van der Waals surface area contributed by atoms with Gasteiger partial charge in [0.1, 0.15) is 11.3 Å². The molecule has 2 fully saturated rings.